The van der Waals surface area contributed by atoms with Gasteiger partial charge in [0, 0.05) is 13.6 Å². The highest BCUT2D eigenvalue weighted by Crippen LogP contribution is 2.29. The van der Waals surface area contributed by atoms with Crippen LogP contribution in [0.25, 0.3) is 0 Å². The first-order valence-electron chi connectivity index (χ1n) is 7.79. The number of nitrogens with zero attached hydrogens (tertiary/aromatic N) is 1. The molecule has 4 nitrogen and oxygen atoms in total. The van der Waals surface area contributed by atoms with Gasteiger partial charge in [-0.2, -0.15) is 13.2 Å². The van der Waals surface area contributed by atoms with Crippen molar-refractivity contribution in [3.8, 4) is 5.75 Å². The molecule has 0 heterocycles. The molecule has 0 saturated carbocycles. The van der Waals surface area contributed by atoms with E-state index in [1.807, 2.05) is 0 Å². The summed E-state index contributed by atoms with van der Waals surface area (Å²) in [5.74, 6) is 0.104. The standard InChI is InChI=1S/C18H18F4N2O2/c1-24(9-10-26-16-7-5-15(19)6-8-16)17(25)23-12-13-3-2-4-14(11-13)18(20,21)22/h2-8,11H,9-10,12H2,1H3,(H,23,25). The molecule has 0 bridgehead atoms. The summed E-state index contributed by atoms with van der Waals surface area (Å²) in [7, 11) is 1.54. The Labute approximate surface area is 148 Å². The molecule has 140 valence electrons. The number of carbonyl (C=O) groups is 1. The lowest BCUT2D eigenvalue weighted by Gasteiger charge is -2.18. The number of nitrogens with one attached hydrogen (secondary N) is 1. The predicted octanol–water partition coefficient (Wildman–Crippen LogP) is 4.06. The molecule has 26 heavy (non-hydrogen) atoms. The summed E-state index contributed by atoms with van der Waals surface area (Å²) in [6.45, 7) is 0.427. The fourth-order valence-corrected chi connectivity index (χ4v) is 2.10. The number of carbonyl (C=O) groups excluding carboxylic acids is 1. The highest BCUT2D eigenvalue weighted by molar-refractivity contribution is 5.73. The summed E-state index contributed by atoms with van der Waals surface area (Å²) in [4.78, 5) is 13.3. The van der Waals surface area contributed by atoms with Crippen molar-refractivity contribution in [3.63, 3.8) is 0 Å². The third kappa shape index (κ3) is 5.94. The first-order valence-corrected chi connectivity index (χ1v) is 7.79. The van der Waals surface area contributed by atoms with Crippen LogP contribution in [-0.4, -0.2) is 31.1 Å². The van der Waals surface area contributed by atoms with Crippen molar-refractivity contribution in [2.45, 2.75) is 12.7 Å². The summed E-state index contributed by atoms with van der Waals surface area (Å²) >= 11 is 0. The van der Waals surface area contributed by atoms with Crippen LogP contribution in [0, 0.1) is 5.82 Å². The van der Waals surface area contributed by atoms with Gasteiger partial charge in [-0.15, -0.1) is 0 Å². The second kappa shape index (κ2) is 8.55. The molecule has 0 atom stereocenters. The lowest BCUT2D eigenvalue weighted by Crippen LogP contribution is -2.39. The minimum absolute atomic E-state index is 0.0219. The maximum absolute atomic E-state index is 12.8. The van der Waals surface area contributed by atoms with E-state index in [-0.39, 0.29) is 25.5 Å². The number of benzene rings is 2. The van der Waals surface area contributed by atoms with Gasteiger partial charge in [-0.25, -0.2) is 9.18 Å². The van der Waals surface area contributed by atoms with Crippen LogP contribution in [0.15, 0.2) is 48.5 Å². The molecule has 2 rings (SSSR count). The van der Waals surface area contributed by atoms with E-state index in [1.165, 1.54) is 48.3 Å². The highest BCUT2D eigenvalue weighted by atomic mass is 19.4. The summed E-state index contributed by atoms with van der Waals surface area (Å²) in [5.41, 5.74) is -0.408. The van der Waals surface area contributed by atoms with Crippen LogP contribution < -0.4 is 10.1 Å². The van der Waals surface area contributed by atoms with Gasteiger partial charge in [0.05, 0.1) is 12.1 Å². The van der Waals surface area contributed by atoms with Crippen molar-refractivity contribution in [2.24, 2.45) is 0 Å². The van der Waals surface area contributed by atoms with E-state index in [1.54, 1.807) is 0 Å². The summed E-state index contributed by atoms with van der Waals surface area (Å²) in [5, 5.41) is 2.55. The average Bonchev–Trinajstić information content (AvgIpc) is 2.60. The molecule has 0 saturated heterocycles. The van der Waals surface area contributed by atoms with E-state index in [9.17, 15) is 22.4 Å². The molecule has 8 heteroatoms. The Kier molecular flexibility index (Phi) is 6.43. The molecule has 0 unspecified atom stereocenters. The van der Waals surface area contributed by atoms with E-state index >= 15 is 0 Å². The van der Waals surface area contributed by atoms with Crippen molar-refractivity contribution >= 4 is 6.03 Å². The number of halogens is 4. The van der Waals surface area contributed by atoms with E-state index < -0.39 is 17.8 Å². The summed E-state index contributed by atoms with van der Waals surface area (Å²) < 4.78 is 56.2. The fraction of sp³-hybridized carbons (Fsp3) is 0.278. The minimum Gasteiger partial charge on any atom is -0.492 e. The van der Waals surface area contributed by atoms with Crippen LogP contribution >= 0.6 is 0 Å². The molecule has 2 aromatic carbocycles. The quantitative estimate of drug-likeness (QED) is 0.779. The number of ether oxygens (including phenoxy) is 1. The lowest BCUT2D eigenvalue weighted by molar-refractivity contribution is -0.137. The van der Waals surface area contributed by atoms with Gasteiger partial charge in [-0.3, -0.25) is 0 Å². The van der Waals surface area contributed by atoms with E-state index in [2.05, 4.69) is 5.32 Å². The van der Waals surface area contributed by atoms with Crippen molar-refractivity contribution in [2.75, 3.05) is 20.2 Å². The van der Waals surface area contributed by atoms with Crippen LogP contribution in [0.5, 0.6) is 5.75 Å². The molecular weight excluding hydrogens is 352 g/mol. The molecule has 0 aliphatic heterocycles. The van der Waals surface area contributed by atoms with Crippen LogP contribution in [-0.2, 0) is 12.7 Å². The third-order valence-electron chi connectivity index (χ3n) is 3.55. The predicted molar refractivity (Wildman–Crippen MR) is 88.2 cm³/mol. The van der Waals surface area contributed by atoms with Crippen molar-refractivity contribution in [1.29, 1.82) is 0 Å². The number of likely N-dealkylation sites (N-methyl/N-ethyl adjacent to an activating group) is 1. The SMILES string of the molecule is CN(CCOc1ccc(F)cc1)C(=O)NCc1cccc(C(F)(F)F)c1. The van der Waals surface area contributed by atoms with Gasteiger partial charge < -0.3 is 15.0 Å². The molecule has 0 aliphatic rings. The molecule has 0 fully saturated rings. The maximum atomic E-state index is 12.8. The largest absolute Gasteiger partial charge is 0.492 e. The van der Waals surface area contributed by atoms with Crippen molar-refractivity contribution in [3.05, 3.63) is 65.5 Å². The van der Waals surface area contributed by atoms with E-state index in [0.717, 1.165) is 12.1 Å². The first kappa shape index (κ1) is 19.6. The zero-order chi connectivity index (χ0) is 19.2. The number of amides is 2. The molecule has 1 N–H and O–H groups in total. The Morgan fingerprint density at radius 2 is 1.85 bits per heavy atom. The van der Waals surface area contributed by atoms with Crippen molar-refractivity contribution < 1.29 is 27.1 Å². The topological polar surface area (TPSA) is 41.6 Å². The molecule has 2 amide bonds. The van der Waals surface area contributed by atoms with Gasteiger partial charge in [-0.05, 0) is 42.0 Å². The second-order valence-corrected chi connectivity index (χ2v) is 5.58. The van der Waals surface area contributed by atoms with Crippen molar-refractivity contribution in [1.82, 2.24) is 10.2 Å². The minimum atomic E-state index is -4.42. The number of rotatable bonds is 6. The zero-order valence-corrected chi connectivity index (χ0v) is 14.0. The zero-order valence-electron chi connectivity index (χ0n) is 14.0. The van der Waals surface area contributed by atoms with E-state index in [0.29, 0.717) is 11.3 Å². The number of hydrogen-bond donors (Lipinski definition) is 1. The van der Waals surface area contributed by atoms with Crippen LogP contribution in [0.3, 0.4) is 0 Å². The monoisotopic (exact) mass is 370 g/mol. The molecule has 0 spiro atoms. The number of urea groups is 1. The summed E-state index contributed by atoms with van der Waals surface area (Å²) in [6.07, 6.45) is -4.42. The Bertz CT molecular complexity index is 733. The van der Waals surface area contributed by atoms with E-state index in [4.69, 9.17) is 4.74 Å². The van der Waals surface area contributed by atoms with Gasteiger partial charge in [0.25, 0.3) is 0 Å². The number of hydrogen-bond acceptors (Lipinski definition) is 2. The van der Waals surface area contributed by atoms with Crippen LogP contribution in [0.1, 0.15) is 11.1 Å². The first-order chi connectivity index (χ1) is 12.3. The second-order valence-electron chi connectivity index (χ2n) is 5.58. The average molecular weight is 370 g/mol. The van der Waals surface area contributed by atoms with Gasteiger partial charge in [0.15, 0.2) is 0 Å². The molecule has 0 aromatic heterocycles. The molecule has 0 radical (unpaired) electrons. The van der Waals surface area contributed by atoms with Gasteiger partial charge in [-0.1, -0.05) is 12.1 Å². The number of alkyl halides is 3. The molecular formula is C18H18F4N2O2. The smallest absolute Gasteiger partial charge is 0.416 e. The molecule has 2 aromatic rings. The Morgan fingerprint density at radius 3 is 2.50 bits per heavy atom. The normalized spacial score (nSPS) is 11.1. The fourth-order valence-electron chi connectivity index (χ4n) is 2.10. The van der Waals surface area contributed by atoms with Crippen LogP contribution in [0.2, 0.25) is 0 Å². The Hall–Kier alpha value is -2.77. The third-order valence-corrected chi connectivity index (χ3v) is 3.55. The van der Waals surface area contributed by atoms with Gasteiger partial charge >= 0.3 is 12.2 Å². The maximum Gasteiger partial charge on any atom is 0.416 e. The Balaban J connectivity index is 1.77. The van der Waals surface area contributed by atoms with Gasteiger partial charge in [0.2, 0.25) is 0 Å². The van der Waals surface area contributed by atoms with Crippen LogP contribution in [0.4, 0.5) is 22.4 Å². The molecule has 0 aliphatic carbocycles. The highest BCUT2D eigenvalue weighted by Gasteiger charge is 2.30. The lowest BCUT2D eigenvalue weighted by atomic mass is 10.1. The summed E-state index contributed by atoms with van der Waals surface area (Å²) in [6, 6.07) is 9.82. The van der Waals surface area contributed by atoms with Gasteiger partial charge in [0.1, 0.15) is 18.2 Å². The Morgan fingerprint density at radius 1 is 1.15 bits per heavy atom.